The van der Waals surface area contributed by atoms with Crippen molar-refractivity contribution in [3.8, 4) is 0 Å². The monoisotopic (exact) mass is 297 g/mol. The number of hydrogen-bond donors (Lipinski definition) is 0. The molecular weight excluding hydrogens is 254 g/mol. The van der Waals surface area contributed by atoms with Gasteiger partial charge in [-0.3, -0.25) is 0 Å². The maximum absolute atomic E-state index is 2.66. The van der Waals surface area contributed by atoms with E-state index in [9.17, 15) is 0 Å². The quantitative estimate of drug-likeness (QED) is 0.288. The van der Waals surface area contributed by atoms with E-state index in [2.05, 4.69) is 32.6 Å². The minimum atomic E-state index is 0.887. The van der Waals surface area contributed by atoms with Gasteiger partial charge in [0, 0.05) is 0 Å². The summed E-state index contributed by atoms with van der Waals surface area (Å²) in [6.45, 7) is 13.2. The van der Waals surface area contributed by atoms with Crippen LogP contribution in [0.1, 0.15) is 105 Å². The highest BCUT2D eigenvalue weighted by Gasteiger charge is 2.02. The smallest absolute Gasteiger partial charge is 0.00189 e. The van der Waals surface area contributed by atoms with Gasteiger partial charge in [-0.25, -0.2) is 0 Å². The van der Waals surface area contributed by atoms with Crippen molar-refractivity contribution < 1.29 is 0 Å². The van der Waals surface area contributed by atoms with Gasteiger partial charge in [-0.2, -0.15) is 0 Å². The van der Waals surface area contributed by atoms with Crippen molar-refractivity contribution >= 4 is 0 Å². The van der Waals surface area contributed by atoms with Gasteiger partial charge >= 0.3 is 0 Å². The number of rotatable bonds is 16. The van der Waals surface area contributed by atoms with E-state index in [-0.39, 0.29) is 0 Å². The van der Waals surface area contributed by atoms with Gasteiger partial charge in [0.05, 0.1) is 0 Å². The van der Waals surface area contributed by atoms with Gasteiger partial charge in [0.15, 0.2) is 0 Å². The Kier molecular flexibility index (Phi) is 16.3. The summed E-state index contributed by atoms with van der Waals surface area (Å²) in [6.07, 6.45) is 17.1. The zero-order valence-corrected chi connectivity index (χ0v) is 15.6. The van der Waals surface area contributed by atoms with Gasteiger partial charge in [-0.15, -0.1) is 0 Å². The summed E-state index contributed by atoms with van der Waals surface area (Å²) in [5.74, 6) is 0.887. The van der Waals surface area contributed by atoms with Crippen LogP contribution in [0.3, 0.4) is 0 Å². The normalized spacial score (nSPS) is 11.7. The van der Waals surface area contributed by atoms with E-state index < -0.39 is 0 Å². The lowest BCUT2D eigenvalue weighted by molar-refractivity contribution is 0.273. The predicted octanol–water partition coefficient (Wildman–Crippen LogP) is 6.67. The molecule has 0 spiro atoms. The molecule has 0 N–H and O–H groups in total. The maximum atomic E-state index is 2.66. The van der Waals surface area contributed by atoms with Crippen molar-refractivity contribution in [3.63, 3.8) is 0 Å². The summed E-state index contributed by atoms with van der Waals surface area (Å²) in [5.41, 5.74) is 0. The van der Waals surface area contributed by atoms with E-state index in [0.717, 1.165) is 5.92 Å². The first-order valence-electron chi connectivity index (χ1n) is 9.93. The van der Waals surface area contributed by atoms with Crippen LogP contribution < -0.4 is 0 Å². The third-order valence-electron chi connectivity index (χ3n) is 4.53. The van der Waals surface area contributed by atoms with Gasteiger partial charge in [-0.05, 0) is 38.4 Å². The van der Waals surface area contributed by atoms with E-state index in [0.29, 0.717) is 0 Å². The highest BCUT2D eigenvalue weighted by Crippen LogP contribution is 2.11. The fourth-order valence-corrected chi connectivity index (χ4v) is 2.96. The average molecular weight is 298 g/mol. The number of nitrogens with zero attached hydrogens (tertiary/aromatic N) is 1. The SMILES string of the molecule is CCCCCCCCN(CC)CCCCCCCC(C)C. The fourth-order valence-electron chi connectivity index (χ4n) is 2.96. The van der Waals surface area contributed by atoms with Gasteiger partial charge < -0.3 is 4.90 Å². The zero-order valence-electron chi connectivity index (χ0n) is 15.6. The Balaban J connectivity index is 3.32. The van der Waals surface area contributed by atoms with Crippen molar-refractivity contribution in [1.82, 2.24) is 4.90 Å². The lowest BCUT2D eigenvalue weighted by atomic mass is 10.0. The summed E-state index contributed by atoms with van der Waals surface area (Å²) < 4.78 is 0. The van der Waals surface area contributed by atoms with Gasteiger partial charge in [-0.1, -0.05) is 91.9 Å². The molecule has 0 unspecified atom stereocenters. The Labute approximate surface area is 135 Å². The van der Waals surface area contributed by atoms with Crippen molar-refractivity contribution in [3.05, 3.63) is 0 Å². The lowest BCUT2D eigenvalue weighted by Gasteiger charge is -2.20. The van der Waals surface area contributed by atoms with Crippen LogP contribution in [0, 0.1) is 5.92 Å². The van der Waals surface area contributed by atoms with Crippen LogP contribution in [-0.2, 0) is 0 Å². The van der Waals surface area contributed by atoms with Crippen LogP contribution in [0.15, 0.2) is 0 Å². The Morgan fingerprint density at radius 3 is 1.57 bits per heavy atom. The molecule has 0 aromatic carbocycles. The van der Waals surface area contributed by atoms with Crippen LogP contribution in [-0.4, -0.2) is 24.5 Å². The molecule has 0 heterocycles. The van der Waals surface area contributed by atoms with E-state index >= 15 is 0 Å². The summed E-state index contributed by atoms with van der Waals surface area (Å²) in [5, 5.41) is 0. The molecule has 0 atom stereocenters. The molecule has 0 amide bonds. The first-order valence-corrected chi connectivity index (χ1v) is 9.93. The van der Waals surface area contributed by atoms with Gasteiger partial charge in [0.25, 0.3) is 0 Å². The van der Waals surface area contributed by atoms with Crippen molar-refractivity contribution in [2.45, 2.75) is 105 Å². The van der Waals surface area contributed by atoms with Crippen molar-refractivity contribution in [2.75, 3.05) is 19.6 Å². The van der Waals surface area contributed by atoms with E-state index in [1.807, 2.05) is 0 Å². The standard InChI is InChI=1S/C20H43N/c1-5-7-8-9-12-15-18-21(6-2)19-16-13-10-11-14-17-20(3)4/h20H,5-19H2,1-4H3. The highest BCUT2D eigenvalue weighted by atomic mass is 15.1. The third kappa shape index (κ3) is 16.2. The van der Waals surface area contributed by atoms with Crippen LogP contribution >= 0.6 is 0 Å². The molecule has 0 aliphatic heterocycles. The molecule has 128 valence electrons. The molecule has 0 bridgehead atoms. The lowest BCUT2D eigenvalue weighted by Crippen LogP contribution is -2.25. The Bertz CT molecular complexity index is 188. The van der Waals surface area contributed by atoms with Crippen LogP contribution in [0.25, 0.3) is 0 Å². The molecular formula is C20H43N. The first-order chi connectivity index (χ1) is 10.2. The molecule has 0 aromatic rings. The molecule has 21 heavy (non-hydrogen) atoms. The topological polar surface area (TPSA) is 3.24 Å². The second-order valence-corrected chi connectivity index (χ2v) is 7.15. The van der Waals surface area contributed by atoms with Crippen LogP contribution in [0.2, 0.25) is 0 Å². The second-order valence-electron chi connectivity index (χ2n) is 7.15. The van der Waals surface area contributed by atoms with Crippen LogP contribution in [0.4, 0.5) is 0 Å². The molecule has 1 heteroatoms. The molecule has 0 aliphatic rings. The third-order valence-corrected chi connectivity index (χ3v) is 4.53. The molecule has 0 aliphatic carbocycles. The maximum Gasteiger partial charge on any atom is -0.00189 e. The Hall–Kier alpha value is -0.0400. The van der Waals surface area contributed by atoms with Gasteiger partial charge in [0.1, 0.15) is 0 Å². The summed E-state index contributed by atoms with van der Waals surface area (Å²) in [6, 6.07) is 0. The number of hydrogen-bond acceptors (Lipinski definition) is 1. The first kappa shape index (κ1) is 21.0. The van der Waals surface area contributed by atoms with E-state index in [1.165, 1.54) is 96.7 Å². The molecule has 0 fully saturated rings. The van der Waals surface area contributed by atoms with Crippen molar-refractivity contribution in [1.29, 1.82) is 0 Å². The van der Waals surface area contributed by atoms with Gasteiger partial charge in [0.2, 0.25) is 0 Å². The highest BCUT2D eigenvalue weighted by molar-refractivity contribution is 4.57. The Morgan fingerprint density at radius 1 is 0.619 bits per heavy atom. The molecule has 0 radical (unpaired) electrons. The largest absolute Gasteiger partial charge is 0.304 e. The minimum absolute atomic E-state index is 0.887. The minimum Gasteiger partial charge on any atom is -0.304 e. The summed E-state index contributed by atoms with van der Waals surface area (Å²) in [4.78, 5) is 2.66. The molecule has 0 rings (SSSR count). The summed E-state index contributed by atoms with van der Waals surface area (Å²) >= 11 is 0. The fraction of sp³-hybridized carbons (Fsp3) is 1.00. The predicted molar refractivity (Wildman–Crippen MR) is 98.0 cm³/mol. The summed E-state index contributed by atoms with van der Waals surface area (Å²) in [7, 11) is 0. The molecule has 0 aromatic heterocycles. The molecule has 0 saturated carbocycles. The number of unbranched alkanes of at least 4 members (excludes halogenated alkanes) is 9. The average Bonchev–Trinajstić information content (AvgIpc) is 2.47. The van der Waals surface area contributed by atoms with E-state index in [1.54, 1.807) is 0 Å². The van der Waals surface area contributed by atoms with E-state index in [4.69, 9.17) is 0 Å². The molecule has 0 saturated heterocycles. The second kappa shape index (κ2) is 16.3. The molecule has 1 nitrogen and oxygen atoms in total. The van der Waals surface area contributed by atoms with Crippen LogP contribution in [0.5, 0.6) is 0 Å². The van der Waals surface area contributed by atoms with Crippen molar-refractivity contribution in [2.24, 2.45) is 5.92 Å². The zero-order chi connectivity index (χ0) is 15.8. The Morgan fingerprint density at radius 2 is 1.10 bits per heavy atom.